The number of alkyl halides is 3. The van der Waals surface area contributed by atoms with E-state index in [9.17, 15) is 31.9 Å². The van der Waals surface area contributed by atoms with Crippen molar-refractivity contribution in [2.24, 2.45) is 0 Å². The van der Waals surface area contributed by atoms with Crippen molar-refractivity contribution in [2.45, 2.75) is 32.0 Å². The number of piperazine rings is 1. The van der Waals surface area contributed by atoms with Crippen LogP contribution in [0.25, 0.3) is 0 Å². The van der Waals surface area contributed by atoms with Gasteiger partial charge in [0.25, 0.3) is 11.8 Å². The van der Waals surface area contributed by atoms with E-state index in [-0.39, 0.29) is 25.5 Å². The fourth-order valence-electron chi connectivity index (χ4n) is 4.32. The lowest BCUT2D eigenvalue weighted by atomic mass is 10.0. The second kappa shape index (κ2) is 9.55. The van der Waals surface area contributed by atoms with Crippen LogP contribution >= 0.6 is 0 Å². The Morgan fingerprint density at radius 2 is 1.91 bits per heavy atom. The van der Waals surface area contributed by atoms with E-state index in [0.29, 0.717) is 41.7 Å². The van der Waals surface area contributed by atoms with Crippen LogP contribution in [0.1, 0.15) is 46.0 Å². The number of carbonyl (C=O) groups is 3. The number of halogens is 4. The molecule has 186 valence electrons. The average Bonchev–Trinajstić information content (AvgIpc) is 2.82. The third-order valence-electron chi connectivity index (χ3n) is 6.13. The summed E-state index contributed by atoms with van der Waals surface area (Å²) in [6.45, 7) is 2.59. The fraction of sp³-hybridized carbons (Fsp3) is 0.375. The van der Waals surface area contributed by atoms with Crippen LogP contribution in [0.15, 0.2) is 36.4 Å². The molecule has 0 aromatic heterocycles. The van der Waals surface area contributed by atoms with Gasteiger partial charge in [0.05, 0.1) is 29.0 Å². The molecule has 2 aromatic carbocycles. The van der Waals surface area contributed by atoms with E-state index >= 15 is 0 Å². The van der Waals surface area contributed by atoms with Crippen molar-refractivity contribution in [3.8, 4) is 0 Å². The number of nitrogens with zero attached hydrogens (tertiary/aromatic N) is 2. The lowest BCUT2D eigenvalue weighted by Gasteiger charge is -2.45. The number of fused-ring (bicyclic) bond motifs is 3. The summed E-state index contributed by atoms with van der Waals surface area (Å²) in [5.74, 6) is -2.66. The first-order valence-corrected chi connectivity index (χ1v) is 11.3. The van der Waals surface area contributed by atoms with Crippen molar-refractivity contribution < 1.29 is 31.9 Å². The maximum atomic E-state index is 13.7. The number of carbonyl (C=O) groups excluding carboxylic acids is 3. The highest BCUT2D eigenvalue weighted by Crippen LogP contribution is 2.36. The van der Waals surface area contributed by atoms with Gasteiger partial charge in [-0.15, -0.1) is 0 Å². The summed E-state index contributed by atoms with van der Waals surface area (Å²) in [5.41, 5.74) is -0.541. The molecule has 0 radical (unpaired) electrons. The van der Waals surface area contributed by atoms with Crippen molar-refractivity contribution in [2.75, 3.05) is 36.4 Å². The summed E-state index contributed by atoms with van der Waals surface area (Å²) in [7, 11) is 0. The van der Waals surface area contributed by atoms with E-state index in [2.05, 4.69) is 10.6 Å². The number of hydrogen-bond acceptors (Lipinski definition) is 4. The number of hydrogen-bond donors (Lipinski definition) is 2. The van der Waals surface area contributed by atoms with E-state index in [4.69, 9.17) is 0 Å². The summed E-state index contributed by atoms with van der Waals surface area (Å²) in [6, 6.07) is 5.83. The number of amides is 3. The zero-order valence-electron chi connectivity index (χ0n) is 18.9. The van der Waals surface area contributed by atoms with Gasteiger partial charge in [0.1, 0.15) is 11.9 Å². The van der Waals surface area contributed by atoms with Gasteiger partial charge in [-0.2, -0.15) is 13.2 Å². The first-order valence-electron chi connectivity index (χ1n) is 11.3. The van der Waals surface area contributed by atoms with E-state index in [0.717, 1.165) is 17.7 Å². The van der Waals surface area contributed by atoms with Crippen LogP contribution in [-0.4, -0.2) is 54.8 Å². The molecule has 0 spiro atoms. The van der Waals surface area contributed by atoms with E-state index < -0.39 is 41.0 Å². The highest BCUT2D eigenvalue weighted by Gasteiger charge is 2.41. The van der Waals surface area contributed by atoms with Gasteiger partial charge in [-0.05, 0) is 42.8 Å². The normalized spacial score (nSPS) is 17.4. The Hall–Kier alpha value is -3.63. The van der Waals surface area contributed by atoms with Crippen LogP contribution < -0.4 is 15.5 Å². The SMILES string of the molecule is CCCCNC(=O)c1ccc2c(c1)NC(=O)C1CN(C(=O)c3cc(F)ccc3C(F)(F)F)CCN21. The molecule has 7 nitrogen and oxygen atoms in total. The smallest absolute Gasteiger partial charge is 0.355 e. The first-order chi connectivity index (χ1) is 16.6. The quantitative estimate of drug-likeness (QED) is 0.493. The van der Waals surface area contributed by atoms with Gasteiger partial charge < -0.3 is 20.4 Å². The molecular formula is C24H24F4N4O3. The molecule has 0 saturated carbocycles. The molecular weight excluding hydrogens is 468 g/mol. The van der Waals surface area contributed by atoms with Gasteiger partial charge in [0, 0.05) is 25.2 Å². The largest absolute Gasteiger partial charge is 0.417 e. The Kier molecular flexibility index (Phi) is 6.68. The number of unbranched alkanes of at least 4 members (excludes halogenated alkanes) is 1. The second-order valence-electron chi connectivity index (χ2n) is 8.48. The van der Waals surface area contributed by atoms with Crippen molar-refractivity contribution in [1.82, 2.24) is 10.2 Å². The van der Waals surface area contributed by atoms with Crippen LogP contribution in [-0.2, 0) is 11.0 Å². The van der Waals surface area contributed by atoms with E-state index in [1.165, 1.54) is 0 Å². The van der Waals surface area contributed by atoms with Crippen molar-refractivity contribution >= 4 is 29.1 Å². The highest BCUT2D eigenvalue weighted by molar-refractivity contribution is 6.06. The lowest BCUT2D eigenvalue weighted by molar-refractivity contribution is -0.138. The van der Waals surface area contributed by atoms with Crippen LogP contribution in [0, 0.1) is 5.82 Å². The standard InChI is InChI=1S/C24H24F4N4O3/c1-2-3-8-29-21(33)14-4-7-19-18(11-14)30-22(34)20-13-31(9-10-32(19)20)23(35)16-12-15(25)5-6-17(16)24(26,27)28/h4-7,11-12,20H,2-3,8-10,13H2,1H3,(H,29,33)(H,30,34). The number of anilines is 2. The van der Waals surface area contributed by atoms with Crippen LogP contribution in [0.2, 0.25) is 0 Å². The zero-order valence-corrected chi connectivity index (χ0v) is 18.9. The molecule has 1 unspecified atom stereocenters. The summed E-state index contributed by atoms with van der Waals surface area (Å²) in [5, 5.41) is 5.54. The van der Waals surface area contributed by atoms with E-state index in [1.54, 1.807) is 23.1 Å². The number of benzene rings is 2. The molecule has 4 rings (SSSR count). The zero-order chi connectivity index (χ0) is 25.3. The minimum Gasteiger partial charge on any atom is -0.355 e. The summed E-state index contributed by atoms with van der Waals surface area (Å²) in [4.78, 5) is 41.0. The maximum absolute atomic E-state index is 13.7. The third-order valence-corrected chi connectivity index (χ3v) is 6.13. The summed E-state index contributed by atoms with van der Waals surface area (Å²) in [6.07, 6.45) is -3.05. The fourth-order valence-corrected chi connectivity index (χ4v) is 4.32. The Morgan fingerprint density at radius 3 is 2.63 bits per heavy atom. The number of rotatable bonds is 5. The summed E-state index contributed by atoms with van der Waals surface area (Å²) >= 11 is 0. The van der Waals surface area contributed by atoms with Gasteiger partial charge in [-0.3, -0.25) is 14.4 Å². The van der Waals surface area contributed by atoms with E-state index in [1.807, 2.05) is 6.92 Å². The minimum absolute atomic E-state index is 0.0368. The summed E-state index contributed by atoms with van der Waals surface area (Å²) < 4.78 is 53.9. The molecule has 3 amide bonds. The molecule has 2 aliphatic heterocycles. The van der Waals surface area contributed by atoms with Crippen LogP contribution in [0.4, 0.5) is 28.9 Å². The molecule has 1 atom stereocenters. The van der Waals surface area contributed by atoms with Gasteiger partial charge in [-0.25, -0.2) is 4.39 Å². The lowest BCUT2D eigenvalue weighted by Crippen LogP contribution is -2.61. The Bertz CT molecular complexity index is 1170. The van der Waals surface area contributed by atoms with Crippen molar-refractivity contribution in [3.05, 3.63) is 58.9 Å². The minimum atomic E-state index is -4.83. The first kappa shape index (κ1) is 24.5. The molecule has 0 bridgehead atoms. The molecule has 11 heteroatoms. The van der Waals surface area contributed by atoms with Crippen molar-refractivity contribution in [3.63, 3.8) is 0 Å². The maximum Gasteiger partial charge on any atom is 0.417 e. The van der Waals surface area contributed by atoms with Gasteiger partial charge >= 0.3 is 6.18 Å². The van der Waals surface area contributed by atoms with Crippen molar-refractivity contribution in [1.29, 1.82) is 0 Å². The Balaban J connectivity index is 1.54. The van der Waals surface area contributed by atoms with Gasteiger partial charge in [-0.1, -0.05) is 13.3 Å². The molecule has 1 saturated heterocycles. The highest BCUT2D eigenvalue weighted by atomic mass is 19.4. The Morgan fingerprint density at radius 1 is 1.14 bits per heavy atom. The molecule has 0 aliphatic carbocycles. The monoisotopic (exact) mass is 492 g/mol. The Labute approximate surface area is 199 Å². The molecule has 2 N–H and O–H groups in total. The molecule has 2 heterocycles. The molecule has 2 aromatic rings. The average molecular weight is 492 g/mol. The van der Waals surface area contributed by atoms with Crippen LogP contribution in [0.5, 0.6) is 0 Å². The van der Waals surface area contributed by atoms with Gasteiger partial charge in [0.2, 0.25) is 5.91 Å². The molecule has 2 aliphatic rings. The second-order valence-corrected chi connectivity index (χ2v) is 8.48. The third kappa shape index (κ3) is 4.94. The van der Waals surface area contributed by atoms with Gasteiger partial charge in [0.15, 0.2) is 0 Å². The predicted molar refractivity (Wildman–Crippen MR) is 121 cm³/mol. The topological polar surface area (TPSA) is 81.8 Å². The number of nitrogens with one attached hydrogen (secondary N) is 2. The molecule has 1 fully saturated rings. The van der Waals surface area contributed by atoms with Crippen LogP contribution in [0.3, 0.4) is 0 Å². The predicted octanol–water partition coefficient (Wildman–Crippen LogP) is 3.66. The molecule has 35 heavy (non-hydrogen) atoms.